The van der Waals surface area contributed by atoms with Gasteiger partial charge in [-0.3, -0.25) is 9.59 Å². The lowest BCUT2D eigenvalue weighted by Gasteiger charge is -2.19. The molecule has 1 saturated carbocycles. The van der Waals surface area contributed by atoms with Crippen LogP contribution in [0.2, 0.25) is 5.02 Å². The number of esters is 1. The van der Waals surface area contributed by atoms with Gasteiger partial charge in [0.15, 0.2) is 6.10 Å². The number of benzene rings is 1. The molecule has 2 fully saturated rings. The van der Waals surface area contributed by atoms with Crippen molar-refractivity contribution in [2.75, 3.05) is 11.4 Å². The van der Waals surface area contributed by atoms with E-state index in [2.05, 4.69) is 5.32 Å². The van der Waals surface area contributed by atoms with E-state index in [0.29, 0.717) is 23.7 Å². The molecule has 2 amide bonds. The van der Waals surface area contributed by atoms with Crippen LogP contribution in [0.3, 0.4) is 0 Å². The monoisotopic (exact) mass is 378 g/mol. The molecule has 26 heavy (non-hydrogen) atoms. The predicted molar refractivity (Wildman–Crippen MR) is 98.3 cm³/mol. The molecule has 1 N–H and O–H groups in total. The van der Waals surface area contributed by atoms with Crippen molar-refractivity contribution in [3.05, 3.63) is 28.8 Å². The van der Waals surface area contributed by atoms with Crippen molar-refractivity contribution in [1.29, 1.82) is 0 Å². The topological polar surface area (TPSA) is 75.7 Å². The number of nitrogens with zero attached hydrogens (tertiary/aromatic N) is 1. The SMILES string of the molecule is C[C@@H](OC(=O)c1ccc(Cl)c(N2CCCC2=O)c1)C(=O)NC1CCCC1. The molecule has 1 aliphatic carbocycles. The molecule has 0 unspecified atom stereocenters. The van der Waals surface area contributed by atoms with E-state index < -0.39 is 12.1 Å². The first-order valence-corrected chi connectivity index (χ1v) is 9.45. The maximum absolute atomic E-state index is 12.4. The van der Waals surface area contributed by atoms with Crippen LogP contribution in [0, 0.1) is 0 Å². The summed E-state index contributed by atoms with van der Waals surface area (Å²) >= 11 is 6.19. The summed E-state index contributed by atoms with van der Waals surface area (Å²) in [7, 11) is 0. The van der Waals surface area contributed by atoms with Crippen LogP contribution >= 0.6 is 11.6 Å². The molecule has 2 aliphatic rings. The van der Waals surface area contributed by atoms with E-state index in [1.165, 1.54) is 6.07 Å². The third-order valence-corrected chi connectivity index (χ3v) is 5.22. The van der Waals surface area contributed by atoms with Gasteiger partial charge in [-0.05, 0) is 44.4 Å². The van der Waals surface area contributed by atoms with Gasteiger partial charge in [0, 0.05) is 19.0 Å². The van der Waals surface area contributed by atoms with Gasteiger partial charge in [0.05, 0.1) is 16.3 Å². The Morgan fingerprint density at radius 2 is 2.00 bits per heavy atom. The molecule has 6 nitrogen and oxygen atoms in total. The van der Waals surface area contributed by atoms with Gasteiger partial charge in [-0.25, -0.2) is 4.79 Å². The van der Waals surface area contributed by atoms with Crippen molar-refractivity contribution >= 4 is 35.1 Å². The summed E-state index contributed by atoms with van der Waals surface area (Å²) in [5.74, 6) is -0.903. The van der Waals surface area contributed by atoms with Crippen molar-refractivity contribution in [3.63, 3.8) is 0 Å². The largest absolute Gasteiger partial charge is 0.449 e. The Morgan fingerprint density at radius 1 is 1.27 bits per heavy atom. The van der Waals surface area contributed by atoms with Gasteiger partial charge in [-0.2, -0.15) is 0 Å². The van der Waals surface area contributed by atoms with Gasteiger partial charge >= 0.3 is 5.97 Å². The van der Waals surface area contributed by atoms with Gasteiger partial charge in [-0.1, -0.05) is 24.4 Å². The van der Waals surface area contributed by atoms with E-state index >= 15 is 0 Å². The zero-order valence-electron chi connectivity index (χ0n) is 14.8. The van der Waals surface area contributed by atoms with Crippen LogP contribution in [0.25, 0.3) is 0 Å². The third-order valence-electron chi connectivity index (χ3n) is 4.90. The van der Waals surface area contributed by atoms with Crippen LogP contribution in [0.15, 0.2) is 18.2 Å². The molecule has 3 rings (SSSR count). The highest BCUT2D eigenvalue weighted by Crippen LogP contribution is 2.30. The fourth-order valence-corrected chi connectivity index (χ4v) is 3.64. The second-order valence-electron chi connectivity index (χ2n) is 6.85. The van der Waals surface area contributed by atoms with E-state index in [-0.39, 0.29) is 23.4 Å². The number of anilines is 1. The number of amides is 2. The minimum absolute atomic E-state index is 0.0123. The molecule has 0 aromatic heterocycles. The highest BCUT2D eigenvalue weighted by molar-refractivity contribution is 6.34. The zero-order chi connectivity index (χ0) is 18.7. The lowest BCUT2D eigenvalue weighted by Crippen LogP contribution is -2.40. The molecule has 1 atom stereocenters. The number of ether oxygens (including phenoxy) is 1. The van der Waals surface area contributed by atoms with Crippen molar-refractivity contribution < 1.29 is 19.1 Å². The van der Waals surface area contributed by atoms with E-state index in [4.69, 9.17) is 16.3 Å². The summed E-state index contributed by atoms with van der Waals surface area (Å²) < 4.78 is 5.30. The smallest absolute Gasteiger partial charge is 0.338 e. The minimum Gasteiger partial charge on any atom is -0.449 e. The van der Waals surface area contributed by atoms with Crippen LogP contribution < -0.4 is 10.2 Å². The van der Waals surface area contributed by atoms with Crippen LogP contribution in [0.1, 0.15) is 55.8 Å². The first-order chi connectivity index (χ1) is 12.5. The van der Waals surface area contributed by atoms with Gasteiger partial charge in [0.25, 0.3) is 5.91 Å². The van der Waals surface area contributed by atoms with E-state index in [9.17, 15) is 14.4 Å². The quantitative estimate of drug-likeness (QED) is 0.799. The van der Waals surface area contributed by atoms with Gasteiger partial charge in [0.1, 0.15) is 0 Å². The summed E-state index contributed by atoms with van der Waals surface area (Å²) in [5, 5.41) is 3.32. The Balaban J connectivity index is 1.65. The molecule has 0 spiro atoms. The van der Waals surface area contributed by atoms with Gasteiger partial charge in [0.2, 0.25) is 5.91 Å². The second-order valence-corrected chi connectivity index (χ2v) is 7.26. The average Bonchev–Trinajstić information content (AvgIpc) is 3.26. The minimum atomic E-state index is -0.879. The number of rotatable bonds is 5. The molecule has 0 bridgehead atoms. The second kappa shape index (κ2) is 8.08. The molecule has 1 aliphatic heterocycles. The molecule has 1 heterocycles. The predicted octanol–water partition coefficient (Wildman–Crippen LogP) is 3.07. The molecule has 1 aromatic carbocycles. The van der Waals surface area contributed by atoms with Gasteiger partial charge < -0.3 is 15.0 Å². The Morgan fingerprint density at radius 3 is 2.65 bits per heavy atom. The molecular formula is C19H23ClN2O4. The Bertz CT molecular complexity index is 715. The van der Waals surface area contributed by atoms with Crippen molar-refractivity contribution in [2.45, 2.75) is 57.6 Å². The summed E-state index contributed by atoms with van der Waals surface area (Å²) in [6, 6.07) is 4.83. The molecule has 1 saturated heterocycles. The molecular weight excluding hydrogens is 356 g/mol. The fourth-order valence-electron chi connectivity index (χ4n) is 3.42. The average molecular weight is 379 g/mol. The zero-order valence-corrected chi connectivity index (χ0v) is 15.6. The summed E-state index contributed by atoms with van der Waals surface area (Å²) in [4.78, 5) is 38.1. The first-order valence-electron chi connectivity index (χ1n) is 9.07. The Labute approximate surface area is 157 Å². The highest BCUT2D eigenvalue weighted by atomic mass is 35.5. The van der Waals surface area contributed by atoms with Gasteiger partial charge in [-0.15, -0.1) is 0 Å². The van der Waals surface area contributed by atoms with Crippen molar-refractivity contribution in [2.24, 2.45) is 0 Å². The lowest BCUT2D eigenvalue weighted by molar-refractivity contribution is -0.129. The standard InChI is InChI=1S/C19H23ClN2O4/c1-12(18(24)21-14-5-2-3-6-14)26-19(25)13-8-9-15(20)16(11-13)22-10-4-7-17(22)23/h8-9,11-12,14H,2-7,10H2,1H3,(H,21,24)/t12-/m1/s1. The highest BCUT2D eigenvalue weighted by Gasteiger charge is 2.26. The normalized spacial score (nSPS) is 18.8. The van der Waals surface area contributed by atoms with Crippen LogP contribution in [-0.2, 0) is 14.3 Å². The number of hydrogen-bond donors (Lipinski definition) is 1. The molecule has 0 radical (unpaired) electrons. The molecule has 1 aromatic rings. The van der Waals surface area contributed by atoms with E-state index in [0.717, 1.165) is 32.1 Å². The number of carbonyl (C=O) groups excluding carboxylic acids is 3. The van der Waals surface area contributed by atoms with Crippen molar-refractivity contribution in [3.8, 4) is 0 Å². The van der Waals surface area contributed by atoms with E-state index in [1.54, 1.807) is 24.0 Å². The summed E-state index contributed by atoms with van der Waals surface area (Å²) in [6.45, 7) is 2.14. The van der Waals surface area contributed by atoms with E-state index in [1.807, 2.05) is 0 Å². The first kappa shape index (κ1) is 18.7. The molecule has 7 heteroatoms. The number of carbonyl (C=O) groups is 3. The summed E-state index contributed by atoms with van der Waals surface area (Å²) in [6.07, 6.45) is 4.53. The number of hydrogen-bond acceptors (Lipinski definition) is 4. The maximum Gasteiger partial charge on any atom is 0.338 e. The molecule has 140 valence electrons. The fraction of sp³-hybridized carbons (Fsp3) is 0.526. The van der Waals surface area contributed by atoms with Crippen molar-refractivity contribution in [1.82, 2.24) is 5.32 Å². The number of nitrogens with one attached hydrogen (secondary N) is 1. The van der Waals surface area contributed by atoms with Crippen LogP contribution in [0.5, 0.6) is 0 Å². The summed E-state index contributed by atoms with van der Waals surface area (Å²) in [5.41, 5.74) is 0.774. The number of halogens is 1. The Hall–Kier alpha value is -2.08. The Kier molecular flexibility index (Phi) is 5.81. The third kappa shape index (κ3) is 4.18. The van der Waals surface area contributed by atoms with Crippen LogP contribution in [-0.4, -0.2) is 36.5 Å². The maximum atomic E-state index is 12.4. The lowest BCUT2D eigenvalue weighted by atomic mass is 10.2. The van der Waals surface area contributed by atoms with Crippen LogP contribution in [0.4, 0.5) is 5.69 Å².